The summed E-state index contributed by atoms with van der Waals surface area (Å²) in [6.45, 7) is 1.50. The van der Waals surface area contributed by atoms with E-state index in [1.165, 1.54) is 0 Å². The van der Waals surface area contributed by atoms with Gasteiger partial charge in [-0.2, -0.15) is 0 Å². The molecule has 244 valence electrons. The second-order valence-corrected chi connectivity index (χ2v) is 10.3. The van der Waals surface area contributed by atoms with Gasteiger partial charge in [-0.05, 0) is 101 Å². The zero-order valence-electron chi connectivity index (χ0n) is 24.2. The minimum atomic E-state index is -1.06. The molecule has 0 spiro atoms. The first-order chi connectivity index (χ1) is 19.7. The molecule has 3 rings (SSSR count). The Morgan fingerprint density at radius 2 is 0.524 bits per heavy atom. The summed E-state index contributed by atoms with van der Waals surface area (Å²) in [6, 6.07) is 0. The van der Waals surface area contributed by atoms with Crippen molar-refractivity contribution in [2.75, 3.05) is 13.3 Å². The average Bonchev–Trinajstić information content (AvgIpc) is 2.94. The molecule has 3 saturated carbocycles. The summed E-state index contributed by atoms with van der Waals surface area (Å²) in [5.41, 5.74) is 13.5. The van der Waals surface area contributed by atoms with Gasteiger partial charge in [0.1, 0.15) is 0 Å². The Hall–Kier alpha value is -3.34. The van der Waals surface area contributed by atoms with E-state index in [1.54, 1.807) is 0 Å². The number of aliphatic carboxylic acids is 6. The van der Waals surface area contributed by atoms with E-state index in [9.17, 15) is 49.2 Å². The van der Waals surface area contributed by atoms with E-state index in [0.717, 1.165) is 13.3 Å². The third-order valence-electron chi connectivity index (χ3n) is 7.21. The Morgan fingerprint density at radius 1 is 0.405 bits per heavy atom. The first-order valence-corrected chi connectivity index (χ1v) is 14.1. The zero-order valence-corrected chi connectivity index (χ0v) is 24.2. The molecular formula is C26H48N4O12. The van der Waals surface area contributed by atoms with Gasteiger partial charge < -0.3 is 72.8 Å². The maximum Gasteiger partial charge on any atom is 0.306 e. The highest BCUT2D eigenvalue weighted by molar-refractivity contribution is 5.72. The van der Waals surface area contributed by atoms with E-state index in [-0.39, 0.29) is 11.8 Å². The average molecular weight is 609 g/mol. The monoisotopic (exact) mass is 608 g/mol. The lowest BCUT2D eigenvalue weighted by Gasteiger charge is -2.29. The summed E-state index contributed by atoms with van der Waals surface area (Å²) >= 11 is 0. The Bertz CT molecular complexity index is 661. The van der Waals surface area contributed by atoms with Gasteiger partial charge in [-0.3, -0.25) is 9.59 Å². The van der Waals surface area contributed by atoms with E-state index in [4.69, 9.17) is 10.2 Å². The fourth-order valence-electron chi connectivity index (χ4n) is 4.72. The number of hydrogen-bond acceptors (Lipinski definition) is 10. The van der Waals surface area contributed by atoms with E-state index >= 15 is 0 Å². The molecule has 16 heteroatoms. The molecule has 0 aromatic rings. The van der Waals surface area contributed by atoms with Crippen LogP contribution in [-0.4, -0.2) is 59.4 Å². The summed E-state index contributed by atoms with van der Waals surface area (Å²) in [5.74, 6) is -8.31. The quantitative estimate of drug-likeness (QED) is 0.153. The lowest BCUT2D eigenvalue weighted by Crippen LogP contribution is -2.74. The zero-order chi connectivity index (χ0) is 32.8. The number of carboxylic acids is 6. The van der Waals surface area contributed by atoms with Crippen LogP contribution in [0.25, 0.3) is 0 Å². The highest BCUT2D eigenvalue weighted by atomic mass is 16.4. The molecule has 0 heterocycles. The van der Waals surface area contributed by atoms with Crippen molar-refractivity contribution in [3.05, 3.63) is 0 Å². The molecule has 0 bridgehead atoms. The SMILES string of the molecule is O=C([O-])C1CCC(C(=O)O)CC1.O=C([O-])C1CCC(C(=O)O)CC1.O=C([O-])C1CCC(C(=O)[O-])CC1.[NH3+]C[NH3+].[NH3+]C[NH3+]. The van der Waals surface area contributed by atoms with Crippen LogP contribution in [0.15, 0.2) is 0 Å². The second-order valence-electron chi connectivity index (χ2n) is 10.3. The van der Waals surface area contributed by atoms with Crippen LogP contribution in [0.4, 0.5) is 0 Å². The van der Waals surface area contributed by atoms with Gasteiger partial charge in [0.2, 0.25) is 0 Å². The maximum absolute atomic E-state index is 10.5. The van der Waals surface area contributed by atoms with Crippen LogP contribution in [0, 0.1) is 35.5 Å². The number of carbonyl (C=O) groups is 6. The van der Waals surface area contributed by atoms with Crippen LogP contribution < -0.4 is 43.4 Å². The van der Waals surface area contributed by atoms with Crippen molar-refractivity contribution in [2.45, 2.75) is 77.0 Å². The molecule has 0 amide bonds. The molecule has 3 aliphatic rings. The summed E-state index contributed by atoms with van der Waals surface area (Å²) in [5, 5.41) is 58.7. The third-order valence-corrected chi connectivity index (χ3v) is 7.21. The number of quaternary nitrogens is 4. The summed E-state index contributed by atoms with van der Waals surface area (Å²) < 4.78 is 0. The van der Waals surface area contributed by atoms with Crippen LogP contribution in [0.2, 0.25) is 0 Å². The highest BCUT2D eigenvalue weighted by Crippen LogP contribution is 2.29. The fraction of sp³-hybridized carbons (Fsp3) is 0.769. The molecular weight excluding hydrogens is 560 g/mol. The van der Waals surface area contributed by atoms with Crippen molar-refractivity contribution in [2.24, 2.45) is 35.5 Å². The molecule has 42 heavy (non-hydrogen) atoms. The van der Waals surface area contributed by atoms with Crippen LogP contribution in [0.5, 0.6) is 0 Å². The fourth-order valence-corrected chi connectivity index (χ4v) is 4.72. The third kappa shape index (κ3) is 18.2. The molecule has 0 aromatic heterocycles. The van der Waals surface area contributed by atoms with Crippen molar-refractivity contribution in [3.63, 3.8) is 0 Å². The van der Waals surface area contributed by atoms with Crippen LogP contribution >= 0.6 is 0 Å². The normalized spacial score (nSPS) is 26.3. The minimum Gasteiger partial charge on any atom is -0.550 e. The van der Waals surface area contributed by atoms with Crippen LogP contribution in [0.3, 0.4) is 0 Å². The van der Waals surface area contributed by atoms with Gasteiger partial charge in [0.15, 0.2) is 13.3 Å². The van der Waals surface area contributed by atoms with Gasteiger partial charge in [0.05, 0.1) is 11.8 Å². The lowest BCUT2D eigenvalue weighted by atomic mass is 9.82. The maximum atomic E-state index is 10.5. The van der Waals surface area contributed by atoms with Crippen molar-refractivity contribution in [1.82, 2.24) is 0 Å². The Kier molecular flexibility index (Phi) is 22.6. The number of carboxylic acid groups (broad SMARTS) is 6. The molecule has 14 N–H and O–H groups in total. The first-order valence-electron chi connectivity index (χ1n) is 14.1. The van der Waals surface area contributed by atoms with E-state index in [2.05, 4.69) is 22.9 Å². The molecule has 3 aliphatic carbocycles. The molecule has 16 nitrogen and oxygen atoms in total. The summed E-state index contributed by atoms with van der Waals surface area (Å²) in [7, 11) is 0. The Morgan fingerprint density at radius 3 is 0.619 bits per heavy atom. The molecule has 3 fully saturated rings. The van der Waals surface area contributed by atoms with Gasteiger partial charge in [-0.15, -0.1) is 0 Å². The van der Waals surface area contributed by atoms with E-state index < -0.39 is 59.5 Å². The minimum absolute atomic E-state index is 0.347. The summed E-state index contributed by atoms with van der Waals surface area (Å²) in [4.78, 5) is 62.4. The van der Waals surface area contributed by atoms with Gasteiger partial charge >= 0.3 is 11.9 Å². The molecule has 0 atom stereocenters. The van der Waals surface area contributed by atoms with Gasteiger partial charge in [0, 0.05) is 23.9 Å². The Labute approximate surface area is 244 Å². The smallest absolute Gasteiger partial charge is 0.306 e. The van der Waals surface area contributed by atoms with Gasteiger partial charge in [-0.1, -0.05) is 0 Å². The van der Waals surface area contributed by atoms with Crippen molar-refractivity contribution in [3.8, 4) is 0 Å². The largest absolute Gasteiger partial charge is 0.550 e. The van der Waals surface area contributed by atoms with Crippen LogP contribution in [0.1, 0.15) is 77.0 Å². The predicted molar refractivity (Wildman–Crippen MR) is 133 cm³/mol. The predicted octanol–water partition coefficient (Wildman–Crippen LogP) is -7.60. The van der Waals surface area contributed by atoms with E-state index in [1.807, 2.05) is 0 Å². The molecule has 0 radical (unpaired) electrons. The van der Waals surface area contributed by atoms with Gasteiger partial charge in [0.25, 0.3) is 0 Å². The number of hydrogen-bond donors (Lipinski definition) is 6. The molecule has 0 aromatic carbocycles. The first kappa shape index (κ1) is 40.8. The highest BCUT2D eigenvalue weighted by Gasteiger charge is 2.27. The van der Waals surface area contributed by atoms with Crippen molar-refractivity contribution >= 4 is 35.8 Å². The molecule has 0 saturated heterocycles. The van der Waals surface area contributed by atoms with Gasteiger partial charge in [-0.25, -0.2) is 0 Å². The molecule has 0 aliphatic heterocycles. The number of rotatable bonds is 6. The lowest BCUT2D eigenvalue weighted by molar-refractivity contribution is -0.597. The Balaban J connectivity index is 0. The topological polar surface area (TPSA) is 346 Å². The second kappa shape index (κ2) is 23.2. The molecule has 0 unspecified atom stereocenters. The van der Waals surface area contributed by atoms with Crippen molar-refractivity contribution < 1.29 is 82.3 Å². The van der Waals surface area contributed by atoms with Crippen molar-refractivity contribution in [1.29, 1.82) is 0 Å². The van der Waals surface area contributed by atoms with E-state index in [0.29, 0.717) is 77.0 Å². The standard InChI is InChI=1S/3C8H12O4.2CH6N2/c3*9-7(10)5-1-2-6(4-3-5)8(11)12;2*2-1-3/h3*5-6H,1-4H2,(H,9,10)(H,11,12);2*1-3H2. The summed E-state index contributed by atoms with van der Waals surface area (Å²) in [6.07, 6.45) is 5.26. The van der Waals surface area contributed by atoms with Crippen LogP contribution in [-0.2, 0) is 28.8 Å². The number of carbonyl (C=O) groups excluding carboxylic acids is 4.